The molecule has 0 unspecified atom stereocenters. The molecule has 0 aliphatic carbocycles. The Bertz CT molecular complexity index is 918. The van der Waals surface area contributed by atoms with Crippen LogP contribution in [0.3, 0.4) is 0 Å². The van der Waals surface area contributed by atoms with Gasteiger partial charge in [0.05, 0.1) is 25.5 Å². The van der Waals surface area contributed by atoms with Gasteiger partial charge in [-0.15, -0.1) is 0 Å². The molecule has 0 aliphatic rings. The van der Waals surface area contributed by atoms with Gasteiger partial charge in [-0.2, -0.15) is 0 Å². The molecule has 0 atom stereocenters. The lowest BCUT2D eigenvalue weighted by molar-refractivity contribution is 0.102. The molecular weight excluding hydrogens is 311 g/mol. The molecule has 1 amide bonds. The van der Waals surface area contributed by atoms with Crippen molar-refractivity contribution in [2.75, 3.05) is 19.5 Å². The van der Waals surface area contributed by atoms with Crippen molar-refractivity contribution in [1.82, 2.24) is 4.98 Å². The summed E-state index contributed by atoms with van der Waals surface area (Å²) in [5, 5.41) is 3.04. The number of carbonyl (C=O) groups is 1. The van der Waals surface area contributed by atoms with E-state index in [2.05, 4.69) is 10.3 Å². The Morgan fingerprint density at radius 1 is 1.17 bits per heavy atom. The number of fused-ring (bicyclic) bond motifs is 1. The summed E-state index contributed by atoms with van der Waals surface area (Å²) in [6, 6.07) is 9.73. The molecule has 2 aromatic carbocycles. The second-order valence-corrected chi connectivity index (χ2v) is 5.31. The Labute approximate surface area is 138 Å². The van der Waals surface area contributed by atoms with Crippen LogP contribution >= 0.6 is 0 Å². The number of rotatable bonds is 4. The Balaban J connectivity index is 2.04. The average Bonchev–Trinajstić information content (AvgIpc) is 2.92. The lowest BCUT2D eigenvalue weighted by Gasteiger charge is -2.12. The summed E-state index contributed by atoms with van der Waals surface area (Å²) in [4.78, 5) is 15.8. The van der Waals surface area contributed by atoms with Crippen molar-refractivity contribution in [3.63, 3.8) is 0 Å². The van der Waals surface area contributed by atoms with E-state index in [0.717, 1.165) is 0 Å². The van der Waals surface area contributed by atoms with E-state index in [1.807, 2.05) is 0 Å². The zero-order chi connectivity index (χ0) is 17.3. The fraction of sp³-hybridized carbons (Fsp3) is 0.167. The number of aromatic amines is 1. The summed E-state index contributed by atoms with van der Waals surface area (Å²) in [7, 11) is 3.04. The standard InChI is InChI=1S/C18H17FN2O3/c1-10-16(17-12(19)5-4-6-13(17)20-10)18(22)21-14-9-11(23-2)7-8-15(14)24-3/h4-9,20H,1-3H3,(H,21,22). The van der Waals surface area contributed by atoms with Gasteiger partial charge in [0.25, 0.3) is 5.91 Å². The van der Waals surface area contributed by atoms with Crippen LogP contribution in [0.4, 0.5) is 10.1 Å². The SMILES string of the molecule is COc1ccc(OC)c(NC(=O)c2c(C)[nH]c3cccc(F)c23)c1. The van der Waals surface area contributed by atoms with Crippen LogP contribution in [0.2, 0.25) is 0 Å². The maximum Gasteiger partial charge on any atom is 0.258 e. The number of hydrogen-bond donors (Lipinski definition) is 2. The number of hydrogen-bond acceptors (Lipinski definition) is 3. The van der Waals surface area contributed by atoms with Crippen LogP contribution in [0.5, 0.6) is 11.5 Å². The van der Waals surface area contributed by atoms with Gasteiger partial charge in [0.15, 0.2) is 0 Å². The maximum atomic E-state index is 14.2. The van der Waals surface area contributed by atoms with Crippen molar-refractivity contribution < 1.29 is 18.7 Å². The highest BCUT2D eigenvalue weighted by Gasteiger charge is 2.20. The molecule has 1 heterocycles. The Morgan fingerprint density at radius 3 is 2.67 bits per heavy atom. The molecule has 0 fully saturated rings. The fourth-order valence-corrected chi connectivity index (χ4v) is 2.71. The number of anilines is 1. The van der Waals surface area contributed by atoms with Crippen molar-refractivity contribution in [3.05, 3.63) is 53.5 Å². The van der Waals surface area contributed by atoms with Gasteiger partial charge in [-0.3, -0.25) is 4.79 Å². The number of nitrogens with one attached hydrogen (secondary N) is 2. The average molecular weight is 328 g/mol. The van der Waals surface area contributed by atoms with Gasteiger partial charge in [0.2, 0.25) is 0 Å². The third kappa shape index (κ3) is 2.67. The molecule has 5 nitrogen and oxygen atoms in total. The van der Waals surface area contributed by atoms with E-state index < -0.39 is 11.7 Å². The highest BCUT2D eigenvalue weighted by atomic mass is 19.1. The van der Waals surface area contributed by atoms with Crippen LogP contribution in [-0.4, -0.2) is 25.1 Å². The monoisotopic (exact) mass is 328 g/mol. The van der Waals surface area contributed by atoms with Crippen LogP contribution in [0.15, 0.2) is 36.4 Å². The normalized spacial score (nSPS) is 10.7. The van der Waals surface area contributed by atoms with E-state index in [1.54, 1.807) is 37.3 Å². The Morgan fingerprint density at radius 2 is 1.96 bits per heavy atom. The van der Waals surface area contributed by atoms with Gasteiger partial charge in [-0.05, 0) is 31.2 Å². The molecule has 0 saturated heterocycles. The third-order valence-electron chi connectivity index (χ3n) is 3.84. The van der Waals surface area contributed by atoms with Crippen LogP contribution in [0, 0.1) is 12.7 Å². The topological polar surface area (TPSA) is 63.4 Å². The number of ether oxygens (including phenoxy) is 2. The van der Waals surface area contributed by atoms with E-state index >= 15 is 0 Å². The van der Waals surface area contributed by atoms with Crippen molar-refractivity contribution in [2.45, 2.75) is 6.92 Å². The van der Waals surface area contributed by atoms with Gasteiger partial charge in [0, 0.05) is 22.7 Å². The van der Waals surface area contributed by atoms with Crippen LogP contribution in [-0.2, 0) is 0 Å². The largest absolute Gasteiger partial charge is 0.497 e. The van der Waals surface area contributed by atoms with Crippen LogP contribution < -0.4 is 14.8 Å². The summed E-state index contributed by atoms with van der Waals surface area (Å²) in [5.41, 5.74) is 1.89. The van der Waals surface area contributed by atoms with Crippen molar-refractivity contribution in [1.29, 1.82) is 0 Å². The number of aromatic nitrogens is 1. The minimum absolute atomic E-state index is 0.271. The van der Waals surface area contributed by atoms with Crippen molar-refractivity contribution in [2.24, 2.45) is 0 Å². The minimum atomic E-state index is -0.445. The molecule has 124 valence electrons. The molecule has 6 heteroatoms. The first-order valence-corrected chi connectivity index (χ1v) is 7.35. The van der Waals surface area contributed by atoms with E-state index in [4.69, 9.17) is 9.47 Å². The van der Waals surface area contributed by atoms with Gasteiger partial charge in [0.1, 0.15) is 17.3 Å². The predicted octanol–water partition coefficient (Wildman–Crippen LogP) is 3.88. The van der Waals surface area contributed by atoms with E-state index in [9.17, 15) is 9.18 Å². The van der Waals surface area contributed by atoms with Gasteiger partial charge < -0.3 is 19.8 Å². The maximum absolute atomic E-state index is 14.2. The molecule has 0 radical (unpaired) electrons. The summed E-state index contributed by atoms with van der Waals surface area (Å²) >= 11 is 0. The second-order valence-electron chi connectivity index (χ2n) is 5.31. The molecule has 1 aromatic heterocycles. The highest BCUT2D eigenvalue weighted by molar-refractivity contribution is 6.14. The molecule has 0 spiro atoms. The molecule has 3 rings (SSSR count). The first-order chi connectivity index (χ1) is 11.5. The lowest BCUT2D eigenvalue weighted by Crippen LogP contribution is -2.14. The smallest absolute Gasteiger partial charge is 0.258 e. The van der Waals surface area contributed by atoms with Gasteiger partial charge in [-0.1, -0.05) is 6.07 Å². The highest BCUT2D eigenvalue weighted by Crippen LogP contribution is 2.31. The molecule has 0 saturated carbocycles. The molecule has 2 N–H and O–H groups in total. The zero-order valence-electron chi connectivity index (χ0n) is 13.6. The third-order valence-corrected chi connectivity index (χ3v) is 3.84. The number of carbonyl (C=O) groups excluding carboxylic acids is 1. The molecular formula is C18H17FN2O3. The Kier molecular flexibility index (Phi) is 4.12. The summed E-state index contributed by atoms with van der Waals surface area (Å²) in [6.07, 6.45) is 0. The molecule has 24 heavy (non-hydrogen) atoms. The summed E-state index contributed by atoms with van der Waals surface area (Å²) in [5.74, 6) is 0.199. The van der Waals surface area contributed by atoms with Gasteiger partial charge in [-0.25, -0.2) is 4.39 Å². The van der Waals surface area contributed by atoms with Crippen LogP contribution in [0.25, 0.3) is 10.9 Å². The number of aryl methyl sites for hydroxylation is 1. The number of methoxy groups -OCH3 is 2. The summed E-state index contributed by atoms with van der Waals surface area (Å²) < 4.78 is 24.6. The minimum Gasteiger partial charge on any atom is -0.497 e. The van der Waals surface area contributed by atoms with E-state index in [0.29, 0.717) is 28.4 Å². The van der Waals surface area contributed by atoms with Crippen LogP contribution in [0.1, 0.15) is 16.1 Å². The lowest BCUT2D eigenvalue weighted by atomic mass is 10.1. The first kappa shape index (κ1) is 15.9. The Hall–Kier alpha value is -3.02. The zero-order valence-corrected chi connectivity index (χ0v) is 13.6. The predicted molar refractivity (Wildman–Crippen MR) is 90.5 cm³/mol. The number of amides is 1. The quantitative estimate of drug-likeness (QED) is 0.764. The summed E-state index contributed by atoms with van der Waals surface area (Å²) in [6.45, 7) is 1.73. The van der Waals surface area contributed by atoms with E-state index in [1.165, 1.54) is 20.3 Å². The van der Waals surface area contributed by atoms with Crippen molar-refractivity contribution >= 4 is 22.5 Å². The van der Waals surface area contributed by atoms with Crippen molar-refractivity contribution in [3.8, 4) is 11.5 Å². The number of halogens is 1. The number of benzene rings is 2. The number of H-pyrrole nitrogens is 1. The first-order valence-electron chi connectivity index (χ1n) is 7.35. The second kappa shape index (κ2) is 6.23. The molecule has 3 aromatic rings. The molecule has 0 bridgehead atoms. The fourth-order valence-electron chi connectivity index (χ4n) is 2.71. The van der Waals surface area contributed by atoms with Gasteiger partial charge >= 0.3 is 0 Å². The van der Waals surface area contributed by atoms with E-state index in [-0.39, 0.29) is 10.9 Å². The molecule has 0 aliphatic heterocycles.